The molecule has 7 heteroatoms. The molecule has 0 bridgehead atoms. The molecule has 1 N–H and O–H groups in total. The zero-order valence-corrected chi connectivity index (χ0v) is 10.9. The number of hydrogen-bond acceptors (Lipinski definition) is 6. The predicted molar refractivity (Wildman–Crippen MR) is 69.1 cm³/mol. The van der Waals surface area contributed by atoms with E-state index in [1.54, 1.807) is 0 Å². The molecule has 0 saturated heterocycles. The Morgan fingerprint density at radius 1 is 1.50 bits per heavy atom. The molecule has 1 aromatic rings. The summed E-state index contributed by atoms with van der Waals surface area (Å²) in [5.41, 5.74) is -0.152. The van der Waals surface area contributed by atoms with Gasteiger partial charge in [-0.2, -0.15) is 5.26 Å². The minimum Gasteiger partial charge on any atom is -0.473 e. The second-order valence-corrected chi connectivity index (χ2v) is 4.86. The van der Waals surface area contributed by atoms with Crippen molar-refractivity contribution in [2.75, 3.05) is 6.61 Å². The molecule has 1 heterocycles. The quantitative estimate of drug-likeness (QED) is 0.663. The van der Waals surface area contributed by atoms with Crippen molar-refractivity contribution in [2.24, 2.45) is 5.92 Å². The Morgan fingerprint density at radius 3 is 2.75 bits per heavy atom. The van der Waals surface area contributed by atoms with Crippen LogP contribution in [0.5, 0.6) is 5.88 Å². The standard InChI is InChI=1S/C13H15N3O4/c14-6-10-5-11(16(18)19)7-15-13(10)20-12-3-1-9(8-17)2-4-12/h5,7,9,12,17H,1-4,8H2. The lowest BCUT2D eigenvalue weighted by molar-refractivity contribution is -0.385. The van der Waals surface area contributed by atoms with Crippen molar-refractivity contribution in [3.8, 4) is 11.9 Å². The van der Waals surface area contributed by atoms with Crippen molar-refractivity contribution in [1.29, 1.82) is 5.26 Å². The Balaban J connectivity index is 2.06. The second-order valence-electron chi connectivity index (χ2n) is 4.86. The molecule has 0 unspecified atom stereocenters. The van der Waals surface area contributed by atoms with Gasteiger partial charge < -0.3 is 9.84 Å². The molecule has 106 valence electrons. The molecule has 0 aromatic carbocycles. The van der Waals surface area contributed by atoms with E-state index in [0.29, 0.717) is 5.92 Å². The number of rotatable bonds is 4. The van der Waals surface area contributed by atoms with Crippen LogP contribution >= 0.6 is 0 Å². The summed E-state index contributed by atoms with van der Waals surface area (Å²) >= 11 is 0. The summed E-state index contributed by atoms with van der Waals surface area (Å²) in [4.78, 5) is 13.9. The van der Waals surface area contributed by atoms with Gasteiger partial charge in [-0.25, -0.2) is 4.98 Å². The average molecular weight is 277 g/mol. The molecule has 0 aliphatic heterocycles. The lowest BCUT2D eigenvalue weighted by atomic mass is 9.88. The van der Waals surface area contributed by atoms with E-state index in [1.165, 1.54) is 6.07 Å². The first-order valence-electron chi connectivity index (χ1n) is 6.46. The topological polar surface area (TPSA) is 109 Å². The number of hydrogen-bond donors (Lipinski definition) is 1. The summed E-state index contributed by atoms with van der Waals surface area (Å²) in [6.07, 6.45) is 4.35. The van der Waals surface area contributed by atoms with E-state index >= 15 is 0 Å². The first-order valence-corrected chi connectivity index (χ1v) is 6.46. The van der Waals surface area contributed by atoms with E-state index in [-0.39, 0.29) is 29.8 Å². The largest absolute Gasteiger partial charge is 0.473 e. The highest BCUT2D eigenvalue weighted by Gasteiger charge is 2.23. The van der Waals surface area contributed by atoms with Gasteiger partial charge in [0.15, 0.2) is 0 Å². The number of aliphatic hydroxyl groups excluding tert-OH is 1. The van der Waals surface area contributed by atoms with Gasteiger partial charge in [0.25, 0.3) is 5.69 Å². The van der Waals surface area contributed by atoms with E-state index in [1.807, 2.05) is 6.07 Å². The van der Waals surface area contributed by atoms with Gasteiger partial charge in [0.2, 0.25) is 5.88 Å². The van der Waals surface area contributed by atoms with Gasteiger partial charge >= 0.3 is 0 Å². The van der Waals surface area contributed by atoms with Gasteiger partial charge in [-0.05, 0) is 31.6 Å². The van der Waals surface area contributed by atoms with Crippen molar-refractivity contribution >= 4 is 5.69 Å². The van der Waals surface area contributed by atoms with Crippen LogP contribution < -0.4 is 4.74 Å². The maximum atomic E-state index is 10.6. The molecular weight excluding hydrogens is 262 g/mol. The van der Waals surface area contributed by atoms with Crippen LogP contribution in [0.2, 0.25) is 0 Å². The van der Waals surface area contributed by atoms with Gasteiger partial charge in [-0.1, -0.05) is 0 Å². The van der Waals surface area contributed by atoms with Gasteiger partial charge in [0, 0.05) is 12.7 Å². The first-order chi connectivity index (χ1) is 9.63. The molecule has 0 radical (unpaired) electrons. The van der Waals surface area contributed by atoms with Gasteiger partial charge in [0.1, 0.15) is 23.9 Å². The predicted octanol–water partition coefficient (Wildman–Crippen LogP) is 1.79. The third kappa shape index (κ3) is 3.22. The number of aliphatic hydroxyl groups is 1. The summed E-state index contributed by atoms with van der Waals surface area (Å²) in [5, 5.41) is 28.7. The molecule has 0 atom stereocenters. The zero-order valence-electron chi connectivity index (χ0n) is 10.9. The Hall–Kier alpha value is -2.20. The van der Waals surface area contributed by atoms with Crippen LogP contribution in [0.15, 0.2) is 12.3 Å². The van der Waals surface area contributed by atoms with E-state index in [0.717, 1.165) is 31.9 Å². The number of ether oxygens (including phenoxy) is 1. The van der Waals surface area contributed by atoms with Crippen LogP contribution in [0, 0.1) is 27.4 Å². The molecule has 1 aromatic heterocycles. The molecular formula is C13H15N3O4. The van der Waals surface area contributed by atoms with Crippen LogP contribution in [0.25, 0.3) is 0 Å². The third-order valence-electron chi connectivity index (χ3n) is 3.50. The maximum absolute atomic E-state index is 10.6. The molecule has 20 heavy (non-hydrogen) atoms. The summed E-state index contributed by atoms with van der Waals surface area (Å²) in [6.45, 7) is 0.186. The summed E-state index contributed by atoms with van der Waals surface area (Å²) in [7, 11) is 0. The Bertz CT molecular complexity index is 533. The number of nitrogens with zero attached hydrogens (tertiary/aromatic N) is 3. The highest BCUT2D eigenvalue weighted by molar-refractivity contribution is 5.45. The summed E-state index contributed by atoms with van der Waals surface area (Å²) in [5.74, 6) is 0.459. The fraction of sp³-hybridized carbons (Fsp3) is 0.538. The van der Waals surface area contributed by atoms with Gasteiger partial charge in [-0.3, -0.25) is 10.1 Å². The van der Waals surface area contributed by atoms with Crippen molar-refractivity contribution < 1.29 is 14.8 Å². The van der Waals surface area contributed by atoms with Crippen molar-refractivity contribution in [3.63, 3.8) is 0 Å². The minimum absolute atomic E-state index is 0.0566. The van der Waals surface area contributed by atoms with E-state index in [2.05, 4.69) is 4.98 Å². The molecule has 1 aliphatic carbocycles. The van der Waals surface area contributed by atoms with Crippen LogP contribution in [0.4, 0.5) is 5.69 Å². The molecule has 0 amide bonds. The molecule has 0 spiro atoms. The van der Waals surface area contributed by atoms with Gasteiger partial charge in [-0.15, -0.1) is 0 Å². The van der Waals surface area contributed by atoms with Crippen LogP contribution in [0.1, 0.15) is 31.2 Å². The van der Waals surface area contributed by atoms with Crippen molar-refractivity contribution in [1.82, 2.24) is 4.98 Å². The van der Waals surface area contributed by atoms with E-state index in [9.17, 15) is 10.1 Å². The average Bonchev–Trinajstić information content (AvgIpc) is 2.48. The highest BCUT2D eigenvalue weighted by Crippen LogP contribution is 2.28. The van der Waals surface area contributed by atoms with Crippen molar-refractivity contribution in [3.05, 3.63) is 27.9 Å². The van der Waals surface area contributed by atoms with E-state index in [4.69, 9.17) is 15.1 Å². The Morgan fingerprint density at radius 2 is 2.20 bits per heavy atom. The fourth-order valence-electron chi connectivity index (χ4n) is 2.31. The van der Waals surface area contributed by atoms with E-state index < -0.39 is 4.92 Å². The molecule has 1 fully saturated rings. The number of nitriles is 1. The first kappa shape index (κ1) is 14.2. The number of pyridine rings is 1. The second kappa shape index (κ2) is 6.30. The SMILES string of the molecule is N#Cc1cc([N+](=O)[O-])cnc1OC1CCC(CO)CC1. The molecule has 1 saturated carbocycles. The normalized spacial score (nSPS) is 22.0. The van der Waals surface area contributed by atoms with Gasteiger partial charge in [0.05, 0.1) is 4.92 Å². The Labute approximate surface area is 116 Å². The Kier molecular flexibility index (Phi) is 4.48. The maximum Gasteiger partial charge on any atom is 0.289 e. The minimum atomic E-state index is -0.593. The summed E-state index contributed by atoms with van der Waals surface area (Å²) < 4.78 is 5.67. The number of nitro groups is 1. The van der Waals surface area contributed by atoms with Crippen LogP contribution in [-0.4, -0.2) is 27.7 Å². The third-order valence-corrected chi connectivity index (χ3v) is 3.50. The van der Waals surface area contributed by atoms with Crippen molar-refractivity contribution in [2.45, 2.75) is 31.8 Å². The summed E-state index contributed by atoms with van der Waals surface area (Å²) in [6, 6.07) is 3.04. The molecule has 1 aliphatic rings. The van der Waals surface area contributed by atoms with Crippen LogP contribution in [0.3, 0.4) is 0 Å². The number of aromatic nitrogens is 1. The lowest BCUT2D eigenvalue weighted by Crippen LogP contribution is -2.26. The lowest BCUT2D eigenvalue weighted by Gasteiger charge is -2.27. The monoisotopic (exact) mass is 277 g/mol. The molecule has 2 rings (SSSR count). The molecule has 7 nitrogen and oxygen atoms in total. The van der Waals surface area contributed by atoms with Crippen LogP contribution in [-0.2, 0) is 0 Å². The highest BCUT2D eigenvalue weighted by atomic mass is 16.6. The fourth-order valence-corrected chi connectivity index (χ4v) is 2.31. The zero-order chi connectivity index (χ0) is 14.5. The smallest absolute Gasteiger partial charge is 0.289 e.